The van der Waals surface area contributed by atoms with Gasteiger partial charge in [0.15, 0.2) is 0 Å². The zero-order valence-electron chi connectivity index (χ0n) is 10.00. The zero-order chi connectivity index (χ0) is 13.0. The SMILES string of the molecule is C[C@@H](C(=O)O)c1cccc(Nc2ccccn2)c1. The second-order valence-corrected chi connectivity index (χ2v) is 4.03. The summed E-state index contributed by atoms with van der Waals surface area (Å²) in [6.07, 6.45) is 1.70. The van der Waals surface area contributed by atoms with E-state index < -0.39 is 11.9 Å². The number of hydrogen-bond acceptors (Lipinski definition) is 3. The molecule has 0 unspecified atom stereocenters. The molecule has 1 aromatic carbocycles. The van der Waals surface area contributed by atoms with Crippen molar-refractivity contribution in [2.24, 2.45) is 0 Å². The molecule has 0 saturated carbocycles. The van der Waals surface area contributed by atoms with Gasteiger partial charge in [-0.2, -0.15) is 0 Å². The van der Waals surface area contributed by atoms with Crippen molar-refractivity contribution >= 4 is 17.5 Å². The lowest BCUT2D eigenvalue weighted by Crippen LogP contribution is -2.07. The van der Waals surface area contributed by atoms with E-state index in [9.17, 15) is 4.79 Å². The Morgan fingerprint density at radius 2 is 2.11 bits per heavy atom. The maximum absolute atomic E-state index is 10.9. The normalized spacial score (nSPS) is 11.8. The van der Waals surface area contributed by atoms with Gasteiger partial charge in [0.1, 0.15) is 5.82 Å². The zero-order valence-corrected chi connectivity index (χ0v) is 10.00. The van der Waals surface area contributed by atoms with Gasteiger partial charge in [0.2, 0.25) is 0 Å². The van der Waals surface area contributed by atoms with Crippen molar-refractivity contribution in [3.8, 4) is 0 Å². The number of benzene rings is 1. The first-order valence-corrected chi connectivity index (χ1v) is 5.67. The van der Waals surface area contributed by atoms with E-state index in [0.717, 1.165) is 17.1 Å². The molecular weight excluding hydrogens is 228 g/mol. The smallest absolute Gasteiger partial charge is 0.310 e. The predicted octanol–water partition coefficient (Wildman–Crippen LogP) is 3.01. The topological polar surface area (TPSA) is 62.2 Å². The lowest BCUT2D eigenvalue weighted by molar-refractivity contribution is -0.138. The molecule has 2 aromatic rings. The molecule has 2 rings (SSSR count). The minimum absolute atomic E-state index is 0.518. The maximum Gasteiger partial charge on any atom is 0.310 e. The number of anilines is 2. The fourth-order valence-electron chi connectivity index (χ4n) is 1.61. The first-order valence-electron chi connectivity index (χ1n) is 5.67. The third kappa shape index (κ3) is 2.85. The van der Waals surface area contributed by atoms with Gasteiger partial charge in [-0.15, -0.1) is 0 Å². The molecule has 0 aliphatic carbocycles. The molecule has 4 heteroatoms. The first-order chi connectivity index (χ1) is 8.66. The molecule has 1 aromatic heterocycles. The van der Waals surface area contributed by atoms with E-state index in [1.807, 2.05) is 42.5 Å². The summed E-state index contributed by atoms with van der Waals surface area (Å²) in [5.74, 6) is -0.613. The second-order valence-electron chi connectivity index (χ2n) is 4.03. The summed E-state index contributed by atoms with van der Waals surface area (Å²) in [7, 11) is 0. The van der Waals surface area contributed by atoms with Crippen molar-refractivity contribution in [3.05, 3.63) is 54.2 Å². The fraction of sp³-hybridized carbons (Fsp3) is 0.143. The Morgan fingerprint density at radius 1 is 1.28 bits per heavy atom. The van der Waals surface area contributed by atoms with Crippen LogP contribution in [0, 0.1) is 0 Å². The molecule has 0 aliphatic rings. The van der Waals surface area contributed by atoms with Gasteiger partial charge in [-0.3, -0.25) is 4.79 Å². The van der Waals surface area contributed by atoms with Gasteiger partial charge in [-0.25, -0.2) is 4.98 Å². The Morgan fingerprint density at radius 3 is 2.78 bits per heavy atom. The van der Waals surface area contributed by atoms with E-state index in [2.05, 4.69) is 10.3 Å². The standard InChI is InChI=1S/C14H14N2O2/c1-10(14(17)18)11-5-4-6-12(9-11)16-13-7-2-3-8-15-13/h2-10H,1H3,(H,15,16)(H,17,18)/t10-/m1/s1. The van der Waals surface area contributed by atoms with Crippen LogP contribution in [0.5, 0.6) is 0 Å². The highest BCUT2D eigenvalue weighted by molar-refractivity contribution is 5.76. The monoisotopic (exact) mass is 242 g/mol. The van der Waals surface area contributed by atoms with E-state index in [1.54, 1.807) is 13.1 Å². The van der Waals surface area contributed by atoms with Gasteiger partial charge in [0.05, 0.1) is 5.92 Å². The number of aromatic nitrogens is 1. The first kappa shape index (κ1) is 12.1. The minimum Gasteiger partial charge on any atom is -0.481 e. The van der Waals surface area contributed by atoms with Crippen LogP contribution in [0.4, 0.5) is 11.5 Å². The van der Waals surface area contributed by atoms with Crippen molar-refractivity contribution in [2.45, 2.75) is 12.8 Å². The Bertz CT molecular complexity index is 541. The molecule has 1 atom stereocenters. The number of hydrogen-bond donors (Lipinski definition) is 2. The molecule has 0 radical (unpaired) electrons. The highest BCUT2D eigenvalue weighted by Gasteiger charge is 2.13. The van der Waals surface area contributed by atoms with Crippen LogP contribution in [0.1, 0.15) is 18.4 Å². The Kier molecular flexibility index (Phi) is 3.57. The highest BCUT2D eigenvalue weighted by atomic mass is 16.4. The number of rotatable bonds is 4. The van der Waals surface area contributed by atoms with E-state index in [4.69, 9.17) is 5.11 Å². The predicted molar refractivity (Wildman–Crippen MR) is 70.0 cm³/mol. The number of nitrogens with zero attached hydrogens (tertiary/aromatic N) is 1. The van der Waals surface area contributed by atoms with Crippen molar-refractivity contribution in [1.82, 2.24) is 4.98 Å². The molecule has 4 nitrogen and oxygen atoms in total. The molecule has 0 saturated heterocycles. The summed E-state index contributed by atoms with van der Waals surface area (Å²) in [5, 5.41) is 12.1. The van der Waals surface area contributed by atoms with Crippen molar-refractivity contribution in [2.75, 3.05) is 5.32 Å². The quantitative estimate of drug-likeness (QED) is 0.865. The molecule has 2 N–H and O–H groups in total. The molecule has 0 amide bonds. The van der Waals surface area contributed by atoms with E-state index in [0.29, 0.717) is 0 Å². The number of pyridine rings is 1. The molecule has 0 bridgehead atoms. The third-order valence-electron chi connectivity index (χ3n) is 2.69. The summed E-state index contributed by atoms with van der Waals surface area (Å²) >= 11 is 0. The number of aliphatic carboxylic acids is 1. The summed E-state index contributed by atoms with van der Waals surface area (Å²) in [6, 6.07) is 12.9. The van der Waals surface area contributed by atoms with Crippen LogP contribution in [0.2, 0.25) is 0 Å². The molecular formula is C14H14N2O2. The van der Waals surface area contributed by atoms with Crippen LogP contribution >= 0.6 is 0 Å². The maximum atomic E-state index is 10.9. The molecule has 18 heavy (non-hydrogen) atoms. The molecule has 1 heterocycles. The van der Waals surface area contributed by atoms with Gasteiger partial charge in [0.25, 0.3) is 0 Å². The summed E-state index contributed by atoms with van der Waals surface area (Å²) in [6.45, 7) is 1.67. The third-order valence-corrected chi connectivity index (χ3v) is 2.69. The van der Waals surface area contributed by atoms with E-state index in [1.165, 1.54) is 0 Å². The highest BCUT2D eigenvalue weighted by Crippen LogP contribution is 2.21. The molecule has 0 fully saturated rings. The van der Waals surface area contributed by atoms with Crippen LogP contribution in [-0.4, -0.2) is 16.1 Å². The largest absolute Gasteiger partial charge is 0.481 e. The van der Waals surface area contributed by atoms with E-state index in [-0.39, 0.29) is 0 Å². The van der Waals surface area contributed by atoms with Crippen LogP contribution in [0.15, 0.2) is 48.7 Å². The lowest BCUT2D eigenvalue weighted by Gasteiger charge is -2.10. The lowest BCUT2D eigenvalue weighted by atomic mass is 10.0. The van der Waals surface area contributed by atoms with Gasteiger partial charge in [-0.1, -0.05) is 18.2 Å². The fourth-order valence-corrected chi connectivity index (χ4v) is 1.61. The average molecular weight is 242 g/mol. The molecule has 0 spiro atoms. The Balaban J connectivity index is 2.20. The van der Waals surface area contributed by atoms with Gasteiger partial charge < -0.3 is 10.4 Å². The van der Waals surface area contributed by atoms with Crippen LogP contribution in [0.3, 0.4) is 0 Å². The number of carbonyl (C=O) groups is 1. The molecule has 0 aliphatic heterocycles. The summed E-state index contributed by atoms with van der Waals surface area (Å²) in [5.41, 5.74) is 1.60. The molecule has 92 valence electrons. The van der Waals surface area contributed by atoms with Crippen LogP contribution in [-0.2, 0) is 4.79 Å². The van der Waals surface area contributed by atoms with Crippen molar-refractivity contribution in [1.29, 1.82) is 0 Å². The summed E-state index contributed by atoms with van der Waals surface area (Å²) in [4.78, 5) is 15.1. The van der Waals surface area contributed by atoms with Gasteiger partial charge in [0, 0.05) is 11.9 Å². The van der Waals surface area contributed by atoms with Crippen LogP contribution < -0.4 is 5.32 Å². The minimum atomic E-state index is -0.829. The number of carboxylic acid groups (broad SMARTS) is 1. The number of nitrogens with one attached hydrogen (secondary N) is 1. The van der Waals surface area contributed by atoms with Gasteiger partial charge in [-0.05, 0) is 36.8 Å². The average Bonchev–Trinajstić information content (AvgIpc) is 2.39. The second kappa shape index (κ2) is 5.31. The van der Waals surface area contributed by atoms with Gasteiger partial charge >= 0.3 is 5.97 Å². The Hall–Kier alpha value is -2.36. The van der Waals surface area contributed by atoms with Crippen LogP contribution in [0.25, 0.3) is 0 Å². The number of carboxylic acids is 1. The van der Waals surface area contributed by atoms with Crippen molar-refractivity contribution < 1.29 is 9.90 Å². The Labute approximate surface area is 105 Å². The van der Waals surface area contributed by atoms with E-state index >= 15 is 0 Å². The summed E-state index contributed by atoms with van der Waals surface area (Å²) < 4.78 is 0. The van der Waals surface area contributed by atoms with Crippen molar-refractivity contribution in [3.63, 3.8) is 0 Å².